The lowest BCUT2D eigenvalue weighted by atomic mass is 9.85. The fourth-order valence-corrected chi connectivity index (χ4v) is 3.14. The standard InChI is InChI=1S/C17H23ClFNO3/c1-2-23-17(22)11-3-6-13(7-4-11)20-16(10-21)12-5-8-14(18)15(19)9-12/h5,8-9,11,13,16,20-21H,2-4,6-7,10H2,1H3. The van der Waals surface area contributed by atoms with E-state index in [1.165, 1.54) is 12.1 Å². The Hall–Kier alpha value is -1.17. The van der Waals surface area contributed by atoms with E-state index in [1.54, 1.807) is 6.07 Å². The van der Waals surface area contributed by atoms with Gasteiger partial charge < -0.3 is 15.2 Å². The molecule has 128 valence electrons. The molecule has 0 spiro atoms. The molecule has 6 heteroatoms. The summed E-state index contributed by atoms with van der Waals surface area (Å²) in [4.78, 5) is 11.7. The molecule has 0 aliphatic heterocycles. The summed E-state index contributed by atoms with van der Waals surface area (Å²) in [5.41, 5.74) is 0.668. The summed E-state index contributed by atoms with van der Waals surface area (Å²) in [7, 11) is 0. The van der Waals surface area contributed by atoms with Crippen LogP contribution < -0.4 is 5.32 Å². The number of benzene rings is 1. The topological polar surface area (TPSA) is 58.6 Å². The van der Waals surface area contributed by atoms with Crippen molar-refractivity contribution < 1.29 is 19.0 Å². The van der Waals surface area contributed by atoms with Gasteiger partial charge in [0.25, 0.3) is 0 Å². The zero-order chi connectivity index (χ0) is 16.8. The smallest absolute Gasteiger partial charge is 0.308 e. The Morgan fingerprint density at radius 2 is 2.13 bits per heavy atom. The molecule has 2 rings (SSSR count). The number of hydrogen-bond donors (Lipinski definition) is 2. The summed E-state index contributed by atoms with van der Waals surface area (Å²) < 4.78 is 18.6. The SMILES string of the molecule is CCOC(=O)C1CCC(NC(CO)c2ccc(Cl)c(F)c2)CC1. The Labute approximate surface area is 141 Å². The molecular formula is C17H23ClFNO3. The van der Waals surface area contributed by atoms with Crippen molar-refractivity contribution in [2.75, 3.05) is 13.2 Å². The van der Waals surface area contributed by atoms with Gasteiger partial charge in [0.2, 0.25) is 0 Å². The van der Waals surface area contributed by atoms with Crippen LogP contribution in [-0.4, -0.2) is 30.3 Å². The Kier molecular flexibility index (Phi) is 6.81. The second-order valence-electron chi connectivity index (χ2n) is 5.88. The summed E-state index contributed by atoms with van der Waals surface area (Å²) in [6.45, 7) is 2.09. The number of ether oxygens (including phenoxy) is 1. The van der Waals surface area contributed by atoms with E-state index >= 15 is 0 Å². The van der Waals surface area contributed by atoms with Crippen LogP contribution in [0, 0.1) is 11.7 Å². The maximum Gasteiger partial charge on any atom is 0.308 e. The van der Waals surface area contributed by atoms with Crippen LogP contribution in [0.4, 0.5) is 4.39 Å². The third-order valence-electron chi connectivity index (χ3n) is 4.31. The van der Waals surface area contributed by atoms with Gasteiger partial charge in [-0.15, -0.1) is 0 Å². The molecule has 0 aromatic heterocycles. The number of nitrogens with one attached hydrogen (secondary N) is 1. The molecule has 1 atom stereocenters. The fraction of sp³-hybridized carbons (Fsp3) is 0.588. The maximum atomic E-state index is 13.6. The highest BCUT2D eigenvalue weighted by Gasteiger charge is 2.28. The van der Waals surface area contributed by atoms with Crippen LogP contribution in [0.15, 0.2) is 18.2 Å². The number of carbonyl (C=O) groups excluding carboxylic acids is 1. The molecule has 2 N–H and O–H groups in total. The van der Waals surface area contributed by atoms with E-state index in [1.807, 2.05) is 6.92 Å². The predicted molar refractivity (Wildman–Crippen MR) is 86.8 cm³/mol. The van der Waals surface area contributed by atoms with Gasteiger partial charge in [0.05, 0.1) is 30.2 Å². The minimum Gasteiger partial charge on any atom is -0.466 e. The fourth-order valence-electron chi connectivity index (χ4n) is 3.02. The number of halogens is 2. The number of aliphatic hydroxyl groups excluding tert-OH is 1. The second-order valence-corrected chi connectivity index (χ2v) is 6.28. The zero-order valence-electron chi connectivity index (χ0n) is 13.2. The molecule has 1 aromatic rings. The summed E-state index contributed by atoms with van der Waals surface area (Å²) >= 11 is 5.69. The average molecular weight is 344 g/mol. The monoisotopic (exact) mass is 343 g/mol. The van der Waals surface area contributed by atoms with Crippen molar-refractivity contribution in [1.82, 2.24) is 5.32 Å². The van der Waals surface area contributed by atoms with Crippen molar-refractivity contribution in [2.24, 2.45) is 5.92 Å². The van der Waals surface area contributed by atoms with Gasteiger partial charge in [-0.05, 0) is 50.3 Å². The quantitative estimate of drug-likeness (QED) is 0.779. The van der Waals surface area contributed by atoms with Gasteiger partial charge in [0.1, 0.15) is 5.82 Å². The molecule has 0 radical (unpaired) electrons. The van der Waals surface area contributed by atoms with Crippen LogP contribution in [0.2, 0.25) is 5.02 Å². The molecule has 1 saturated carbocycles. The van der Waals surface area contributed by atoms with Crippen LogP contribution in [-0.2, 0) is 9.53 Å². The van der Waals surface area contributed by atoms with E-state index in [2.05, 4.69) is 5.32 Å². The second kappa shape index (κ2) is 8.62. The van der Waals surface area contributed by atoms with Crippen LogP contribution in [0.3, 0.4) is 0 Å². The predicted octanol–water partition coefficient (Wildman–Crippen LogP) is 3.22. The molecule has 1 fully saturated rings. The lowest BCUT2D eigenvalue weighted by Gasteiger charge is -2.31. The first-order valence-electron chi connectivity index (χ1n) is 8.03. The summed E-state index contributed by atoms with van der Waals surface area (Å²) in [5.74, 6) is -0.645. The van der Waals surface area contributed by atoms with Gasteiger partial charge in [-0.1, -0.05) is 17.7 Å². The maximum absolute atomic E-state index is 13.6. The van der Waals surface area contributed by atoms with Crippen molar-refractivity contribution in [3.05, 3.63) is 34.6 Å². The van der Waals surface area contributed by atoms with Crippen molar-refractivity contribution in [1.29, 1.82) is 0 Å². The van der Waals surface area contributed by atoms with E-state index in [9.17, 15) is 14.3 Å². The van der Waals surface area contributed by atoms with Gasteiger partial charge >= 0.3 is 5.97 Å². The van der Waals surface area contributed by atoms with E-state index in [0.29, 0.717) is 12.2 Å². The highest BCUT2D eigenvalue weighted by molar-refractivity contribution is 6.30. The largest absolute Gasteiger partial charge is 0.466 e. The number of rotatable bonds is 6. The van der Waals surface area contributed by atoms with Crippen LogP contribution in [0.1, 0.15) is 44.2 Å². The lowest BCUT2D eigenvalue weighted by Crippen LogP contribution is -2.38. The minimum atomic E-state index is -0.490. The molecule has 0 amide bonds. The van der Waals surface area contributed by atoms with Crippen LogP contribution in [0.25, 0.3) is 0 Å². The zero-order valence-corrected chi connectivity index (χ0v) is 14.0. The molecule has 1 unspecified atom stereocenters. The highest BCUT2D eigenvalue weighted by Crippen LogP contribution is 2.28. The minimum absolute atomic E-state index is 0.0337. The molecular weight excluding hydrogens is 321 g/mol. The molecule has 1 aromatic carbocycles. The summed E-state index contributed by atoms with van der Waals surface area (Å²) in [6.07, 6.45) is 3.19. The lowest BCUT2D eigenvalue weighted by molar-refractivity contribution is -0.149. The third kappa shape index (κ3) is 4.90. The molecule has 1 aliphatic carbocycles. The van der Waals surface area contributed by atoms with Crippen molar-refractivity contribution in [3.63, 3.8) is 0 Å². The van der Waals surface area contributed by atoms with E-state index in [4.69, 9.17) is 16.3 Å². The average Bonchev–Trinajstić information content (AvgIpc) is 2.56. The normalized spacial score (nSPS) is 22.6. The Balaban J connectivity index is 1.91. The van der Waals surface area contributed by atoms with Gasteiger partial charge in [-0.2, -0.15) is 0 Å². The summed E-state index contributed by atoms with van der Waals surface area (Å²) in [6, 6.07) is 4.40. The third-order valence-corrected chi connectivity index (χ3v) is 4.62. The van der Waals surface area contributed by atoms with Crippen LogP contribution >= 0.6 is 11.6 Å². The summed E-state index contributed by atoms with van der Waals surface area (Å²) in [5, 5.41) is 13.0. The number of hydrogen-bond acceptors (Lipinski definition) is 4. The first-order chi connectivity index (χ1) is 11.0. The molecule has 0 heterocycles. The Bertz CT molecular complexity index is 533. The van der Waals surface area contributed by atoms with E-state index in [0.717, 1.165) is 25.7 Å². The van der Waals surface area contributed by atoms with E-state index in [-0.39, 0.29) is 35.6 Å². The van der Waals surface area contributed by atoms with Gasteiger partial charge in [-0.3, -0.25) is 4.79 Å². The number of aliphatic hydroxyl groups is 1. The Morgan fingerprint density at radius 3 is 2.70 bits per heavy atom. The van der Waals surface area contributed by atoms with Crippen molar-refractivity contribution in [3.8, 4) is 0 Å². The molecule has 1 aliphatic rings. The van der Waals surface area contributed by atoms with Gasteiger partial charge in [0.15, 0.2) is 0 Å². The molecule has 23 heavy (non-hydrogen) atoms. The van der Waals surface area contributed by atoms with Gasteiger partial charge in [-0.25, -0.2) is 4.39 Å². The molecule has 0 bridgehead atoms. The highest BCUT2D eigenvalue weighted by atomic mass is 35.5. The molecule has 4 nitrogen and oxygen atoms in total. The first kappa shape index (κ1) is 18.2. The van der Waals surface area contributed by atoms with Gasteiger partial charge in [0, 0.05) is 6.04 Å². The number of carbonyl (C=O) groups is 1. The molecule has 0 saturated heterocycles. The van der Waals surface area contributed by atoms with Crippen LogP contribution in [0.5, 0.6) is 0 Å². The first-order valence-corrected chi connectivity index (χ1v) is 8.41. The van der Waals surface area contributed by atoms with Crippen molar-refractivity contribution >= 4 is 17.6 Å². The van der Waals surface area contributed by atoms with E-state index < -0.39 is 5.82 Å². The van der Waals surface area contributed by atoms with Crippen molar-refractivity contribution in [2.45, 2.75) is 44.7 Å². The Morgan fingerprint density at radius 1 is 1.43 bits per heavy atom. The number of esters is 1.